The van der Waals surface area contributed by atoms with Crippen molar-refractivity contribution < 1.29 is 0 Å². The molecule has 0 aliphatic rings. The van der Waals surface area contributed by atoms with Crippen molar-refractivity contribution in [3.63, 3.8) is 0 Å². The predicted octanol–water partition coefficient (Wildman–Crippen LogP) is 2.21. The van der Waals surface area contributed by atoms with Crippen molar-refractivity contribution in [2.24, 2.45) is 12.8 Å². The number of halogens is 1. The fourth-order valence-corrected chi connectivity index (χ4v) is 4.09. The third-order valence-corrected chi connectivity index (χ3v) is 5.58. The largest absolute Gasteiger partial charge is 0.327 e. The quantitative estimate of drug-likeness (QED) is 0.868. The van der Waals surface area contributed by atoms with Crippen LogP contribution in [-0.4, -0.2) is 26.2 Å². The third kappa shape index (κ3) is 3.06. The van der Waals surface area contributed by atoms with Gasteiger partial charge in [0.15, 0.2) is 0 Å². The molecule has 92 valence electrons. The van der Waals surface area contributed by atoms with Gasteiger partial charge in [-0.05, 0) is 39.3 Å². The zero-order chi connectivity index (χ0) is 12.4. The van der Waals surface area contributed by atoms with E-state index in [2.05, 4.69) is 42.9 Å². The van der Waals surface area contributed by atoms with Gasteiger partial charge in [-0.2, -0.15) is 0 Å². The van der Waals surface area contributed by atoms with E-state index in [1.807, 2.05) is 14.0 Å². The van der Waals surface area contributed by atoms with Crippen LogP contribution in [0.15, 0.2) is 21.1 Å². The molecule has 0 bridgehead atoms. The number of hydrogen-bond acceptors (Lipinski definition) is 6. The molecule has 0 amide bonds. The minimum absolute atomic E-state index is 0.0299. The van der Waals surface area contributed by atoms with Crippen molar-refractivity contribution in [3.8, 4) is 0 Å². The Balaban J connectivity index is 2.22. The highest BCUT2D eigenvalue weighted by molar-refractivity contribution is 9.10. The zero-order valence-electron chi connectivity index (χ0n) is 9.37. The maximum Gasteiger partial charge on any atom is 0.209 e. The summed E-state index contributed by atoms with van der Waals surface area (Å²) in [5.74, 6) is 0. The molecule has 0 fully saturated rings. The molecule has 0 radical (unpaired) electrons. The van der Waals surface area contributed by atoms with E-state index in [9.17, 15) is 0 Å². The van der Waals surface area contributed by atoms with Crippen LogP contribution in [-0.2, 0) is 7.05 Å². The van der Waals surface area contributed by atoms with Crippen LogP contribution in [0.5, 0.6) is 0 Å². The van der Waals surface area contributed by atoms with Crippen LogP contribution in [0.2, 0.25) is 0 Å². The van der Waals surface area contributed by atoms with Crippen molar-refractivity contribution in [1.82, 2.24) is 20.2 Å². The van der Waals surface area contributed by atoms with E-state index in [1.165, 1.54) is 4.88 Å². The monoisotopic (exact) mass is 333 g/mol. The minimum atomic E-state index is 0.0299. The lowest BCUT2D eigenvalue weighted by molar-refractivity contribution is 0.658. The molecule has 2 aromatic heterocycles. The van der Waals surface area contributed by atoms with Crippen molar-refractivity contribution in [1.29, 1.82) is 0 Å². The lowest BCUT2D eigenvalue weighted by Crippen LogP contribution is -2.22. The second-order valence-electron chi connectivity index (χ2n) is 3.65. The van der Waals surface area contributed by atoms with E-state index >= 15 is 0 Å². The number of hydrogen-bond donors (Lipinski definition) is 1. The minimum Gasteiger partial charge on any atom is -0.327 e. The molecule has 5 nitrogen and oxygen atoms in total. The molecule has 17 heavy (non-hydrogen) atoms. The fraction of sp³-hybridized carbons (Fsp3) is 0.444. The first-order valence-electron chi connectivity index (χ1n) is 4.96. The Morgan fingerprint density at radius 3 is 2.82 bits per heavy atom. The molecule has 8 heteroatoms. The smallest absolute Gasteiger partial charge is 0.209 e. The maximum atomic E-state index is 6.04. The number of aromatic nitrogens is 4. The highest BCUT2D eigenvalue weighted by Crippen LogP contribution is 2.39. The number of nitrogens with two attached hydrogens (primary N) is 1. The SMILES string of the molecule is CC(N)C(Sc1nnnn1C)c1cc(Br)cs1. The summed E-state index contributed by atoms with van der Waals surface area (Å²) in [6.07, 6.45) is 0. The number of aryl methyl sites for hydroxylation is 1. The van der Waals surface area contributed by atoms with Gasteiger partial charge in [-0.25, -0.2) is 4.68 Å². The molecule has 0 saturated heterocycles. The maximum absolute atomic E-state index is 6.04. The van der Waals surface area contributed by atoms with Crippen molar-refractivity contribution in [2.45, 2.75) is 23.4 Å². The average Bonchev–Trinajstić information content (AvgIpc) is 2.84. The first-order chi connectivity index (χ1) is 8.08. The van der Waals surface area contributed by atoms with E-state index < -0.39 is 0 Å². The van der Waals surface area contributed by atoms with Gasteiger partial charge in [0.25, 0.3) is 0 Å². The summed E-state index contributed by atoms with van der Waals surface area (Å²) in [6.45, 7) is 2.00. The number of nitrogens with zero attached hydrogens (tertiary/aromatic N) is 4. The topological polar surface area (TPSA) is 69.6 Å². The van der Waals surface area contributed by atoms with Gasteiger partial charge in [-0.1, -0.05) is 11.8 Å². The molecule has 0 aliphatic heterocycles. The van der Waals surface area contributed by atoms with Crippen LogP contribution in [0, 0.1) is 0 Å². The van der Waals surface area contributed by atoms with E-state index in [1.54, 1.807) is 27.8 Å². The molecule has 0 aliphatic carbocycles. The number of thioether (sulfide) groups is 1. The van der Waals surface area contributed by atoms with Crippen LogP contribution in [0.3, 0.4) is 0 Å². The number of thiophene rings is 1. The molecule has 0 aromatic carbocycles. The summed E-state index contributed by atoms with van der Waals surface area (Å²) in [5.41, 5.74) is 6.04. The second-order valence-corrected chi connectivity index (χ2v) is 6.62. The normalized spacial score (nSPS) is 14.8. The van der Waals surface area contributed by atoms with Gasteiger partial charge in [0, 0.05) is 27.8 Å². The van der Waals surface area contributed by atoms with Crippen LogP contribution in [0.25, 0.3) is 0 Å². The predicted molar refractivity (Wildman–Crippen MR) is 73.1 cm³/mol. The van der Waals surface area contributed by atoms with E-state index in [4.69, 9.17) is 5.73 Å². The molecular formula is C9H12BrN5S2. The highest BCUT2D eigenvalue weighted by atomic mass is 79.9. The van der Waals surface area contributed by atoms with Gasteiger partial charge in [0.05, 0.1) is 5.25 Å². The first kappa shape index (κ1) is 13.0. The van der Waals surface area contributed by atoms with Gasteiger partial charge in [-0.15, -0.1) is 16.4 Å². The highest BCUT2D eigenvalue weighted by Gasteiger charge is 2.22. The molecule has 0 spiro atoms. The van der Waals surface area contributed by atoms with Crippen molar-refractivity contribution in [3.05, 3.63) is 20.8 Å². The van der Waals surface area contributed by atoms with Gasteiger partial charge in [0.2, 0.25) is 5.16 Å². The Morgan fingerprint density at radius 2 is 2.35 bits per heavy atom. The number of rotatable bonds is 4. The zero-order valence-corrected chi connectivity index (χ0v) is 12.6. The summed E-state index contributed by atoms with van der Waals surface area (Å²) in [4.78, 5) is 1.22. The molecule has 2 unspecified atom stereocenters. The molecule has 2 aromatic rings. The first-order valence-corrected chi connectivity index (χ1v) is 7.51. The summed E-state index contributed by atoms with van der Waals surface area (Å²) < 4.78 is 2.74. The Morgan fingerprint density at radius 1 is 1.59 bits per heavy atom. The molecular weight excluding hydrogens is 322 g/mol. The Hall–Kier alpha value is -0.440. The van der Waals surface area contributed by atoms with Crippen LogP contribution in [0.1, 0.15) is 17.1 Å². The third-order valence-electron chi connectivity index (χ3n) is 2.16. The standard InChI is InChI=1S/C9H12BrN5S2/c1-5(11)8(7-3-6(10)4-16-7)17-9-12-13-14-15(9)2/h3-5,8H,11H2,1-2H3. The second kappa shape index (κ2) is 5.47. The van der Waals surface area contributed by atoms with E-state index in [0.717, 1.165) is 9.63 Å². The molecule has 2 rings (SSSR count). The lowest BCUT2D eigenvalue weighted by Gasteiger charge is -2.17. The fourth-order valence-electron chi connectivity index (χ4n) is 1.34. The lowest BCUT2D eigenvalue weighted by atomic mass is 10.2. The van der Waals surface area contributed by atoms with Gasteiger partial charge >= 0.3 is 0 Å². The van der Waals surface area contributed by atoms with Crippen LogP contribution in [0.4, 0.5) is 0 Å². The van der Waals surface area contributed by atoms with E-state index in [-0.39, 0.29) is 11.3 Å². The average molecular weight is 334 g/mol. The van der Waals surface area contributed by atoms with Crippen LogP contribution < -0.4 is 5.73 Å². The number of tetrazole rings is 1. The molecule has 2 N–H and O–H groups in total. The van der Waals surface area contributed by atoms with Gasteiger partial charge < -0.3 is 5.73 Å². The Bertz CT molecular complexity index is 495. The molecule has 2 atom stereocenters. The summed E-state index contributed by atoms with van der Waals surface area (Å²) >= 11 is 6.73. The molecule has 0 saturated carbocycles. The van der Waals surface area contributed by atoms with E-state index in [0.29, 0.717) is 0 Å². The Labute approximate surface area is 116 Å². The van der Waals surface area contributed by atoms with Gasteiger partial charge in [0.1, 0.15) is 0 Å². The van der Waals surface area contributed by atoms with Crippen molar-refractivity contribution in [2.75, 3.05) is 0 Å². The molecule has 2 heterocycles. The van der Waals surface area contributed by atoms with Crippen molar-refractivity contribution >= 4 is 39.0 Å². The summed E-state index contributed by atoms with van der Waals surface area (Å²) in [7, 11) is 1.82. The Kier molecular flexibility index (Phi) is 4.18. The summed E-state index contributed by atoms with van der Waals surface area (Å²) in [6, 6.07) is 2.12. The van der Waals surface area contributed by atoms with Crippen LogP contribution >= 0.6 is 39.0 Å². The van der Waals surface area contributed by atoms with Gasteiger partial charge in [-0.3, -0.25) is 0 Å². The summed E-state index contributed by atoms with van der Waals surface area (Å²) in [5, 5.41) is 14.4.